The minimum absolute atomic E-state index is 0.0305. The number of ether oxygens (including phenoxy) is 1. The number of methoxy groups -OCH3 is 1. The molecule has 1 saturated heterocycles. The maximum absolute atomic E-state index is 13.4. The van der Waals surface area contributed by atoms with Gasteiger partial charge in [0.05, 0.1) is 12.6 Å². The summed E-state index contributed by atoms with van der Waals surface area (Å²) in [5.74, 6) is 0.312. The summed E-state index contributed by atoms with van der Waals surface area (Å²) in [6, 6.07) is 6.43. The standard InChI is InChI=1S/C19H29FN2O2/c1-15(14-24-3)22(13-17-5-4-6-18(20)11-17)19(23)12-16-7-9-21(2)10-8-16/h4-6,11,15-16H,7-10,12-14H2,1-3H3/t15-/m1/s1. The van der Waals surface area contributed by atoms with Crippen LogP contribution in [0.3, 0.4) is 0 Å². The number of benzene rings is 1. The maximum Gasteiger partial charge on any atom is 0.223 e. The molecule has 0 unspecified atom stereocenters. The number of hydrogen-bond donors (Lipinski definition) is 0. The van der Waals surface area contributed by atoms with Crippen molar-refractivity contribution < 1.29 is 13.9 Å². The Morgan fingerprint density at radius 1 is 1.42 bits per heavy atom. The van der Waals surface area contributed by atoms with Gasteiger partial charge in [0, 0.05) is 20.1 Å². The Kier molecular flexibility index (Phi) is 7.18. The molecule has 5 heteroatoms. The summed E-state index contributed by atoms with van der Waals surface area (Å²) in [7, 11) is 3.76. The average molecular weight is 336 g/mol. The summed E-state index contributed by atoms with van der Waals surface area (Å²) < 4.78 is 18.7. The minimum Gasteiger partial charge on any atom is -0.383 e. The van der Waals surface area contributed by atoms with Crippen molar-refractivity contribution in [3.63, 3.8) is 0 Å². The molecule has 1 aromatic rings. The topological polar surface area (TPSA) is 32.8 Å². The highest BCUT2D eigenvalue weighted by Crippen LogP contribution is 2.22. The molecule has 1 aromatic carbocycles. The molecule has 0 aromatic heterocycles. The molecule has 1 atom stereocenters. The fraction of sp³-hybridized carbons (Fsp3) is 0.632. The van der Waals surface area contributed by atoms with E-state index >= 15 is 0 Å². The fourth-order valence-corrected chi connectivity index (χ4v) is 3.28. The van der Waals surface area contributed by atoms with Gasteiger partial charge in [-0.1, -0.05) is 12.1 Å². The van der Waals surface area contributed by atoms with Gasteiger partial charge in [-0.15, -0.1) is 0 Å². The van der Waals surface area contributed by atoms with Crippen molar-refractivity contribution >= 4 is 5.91 Å². The Hall–Kier alpha value is -1.46. The lowest BCUT2D eigenvalue weighted by atomic mass is 9.93. The van der Waals surface area contributed by atoms with Gasteiger partial charge in [-0.3, -0.25) is 4.79 Å². The van der Waals surface area contributed by atoms with E-state index in [1.807, 2.05) is 17.9 Å². The molecule has 134 valence electrons. The summed E-state index contributed by atoms with van der Waals surface area (Å²) in [4.78, 5) is 17.0. The second kappa shape index (κ2) is 9.14. The van der Waals surface area contributed by atoms with Crippen molar-refractivity contribution in [2.75, 3.05) is 33.9 Å². The number of halogens is 1. The highest BCUT2D eigenvalue weighted by Gasteiger charge is 2.25. The number of amides is 1. The van der Waals surface area contributed by atoms with E-state index in [4.69, 9.17) is 4.74 Å². The summed E-state index contributed by atoms with van der Waals surface area (Å²) in [5, 5.41) is 0. The molecule has 0 aliphatic carbocycles. The average Bonchev–Trinajstić information content (AvgIpc) is 2.55. The van der Waals surface area contributed by atoms with Crippen molar-refractivity contribution in [3.8, 4) is 0 Å². The van der Waals surface area contributed by atoms with Crippen LogP contribution in [0.25, 0.3) is 0 Å². The number of carbonyl (C=O) groups is 1. The molecule has 1 fully saturated rings. The van der Waals surface area contributed by atoms with Gasteiger partial charge in [-0.25, -0.2) is 4.39 Å². The number of piperidine rings is 1. The zero-order valence-corrected chi connectivity index (χ0v) is 15.0. The first-order valence-corrected chi connectivity index (χ1v) is 8.71. The zero-order valence-electron chi connectivity index (χ0n) is 15.0. The number of hydrogen-bond acceptors (Lipinski definition) is 3. The van der Waals surface area contributed by atoms with Crippen LogP contribution in [0.5, 0.6) is 0 Å². The van der Waals surface area contributed by atoms with E-state index in [2.05, 4.69) is 11.9 Å². The Balaban J connectivity index is 2.02. The Labute approximate surface area is 144 Å². The van der Waals surface area contributed by atoms with Crippen LogP contribution in [0.1, 0.15) is 31.7 Å². The van der Waals surface area contributed by atoms with E-state index in [-0.39, 0.29) is 17.8 Å². The smallest absolute Gasteiger partial charge is 0.223 e. The molecule has 2 rings (SSSR count). The predicted molar refractivity (Wildman–Crippen MR) is 93.1 cm³/mol. The molecule has 0 spiro atoms. The Morgan fingerprint density at radius 3 is 2.75 bits per heavy atom. The van der Waals surface area contributed by atoms with E-state index in [1.54, 1.807) is 13.2 Å². The zero-order chi connectivity index (χ0) is 17.5. The van der Waals surface area contributed by atoms with Crippen molar-refractivity contribution in [1.29, 1.82) is 0 Å². The number of carbonyl (C=O) groups excluding carboxylic acids is 1. The van der Waals surface area contributed by atoms with Crippen molar-refractivity contribution in [2.24, 2.45) is 5.92 Å². The van der Waals surface area contributed by atoms with Crippen LogP contribution in [-0.2, 0) is 16.1 Å². The van der Waals surface area contributed by atoms with Crippen LogP contribution in [0.4, 0.5) is 4.39 Å². The van der Waals surface area contributed by atoms with E-state index in [0.717, 1.165) is 31.5 Å². The quantitative estimate of drug-likeness (QED) is 0.767. The van der Waals surface area contributed by atoms with Crippen molar-refractivity contribution in [1.82, 2.24) is 9.80 Å². The van der Waals surface area contributed by atoms with Gasteiger partial charge in [0.1, 0.15) is 5.82 Å². The van der Waals surface area contributed by atoms with Crippen LogP contribution in [0, 0.1) is 11.7 Å². The molecule has 0 radical (unpaired) electrons. The molecule has 24 heavy (non-hydrogen) atoms. The summed E-state index contributed by atoms with van der Waals surface area (Å²) in [6.45, 7) is 4.99. The van der Waals surface area contributed by atoms with Crippen LogP contribution >= 0.6 is 0 Å². The van der Waals surface area contributed by atoms with Gasteiger partial charge in [-0.2, -0.15) is 0 Å². The van der Waals surface area contributed by atoms with E-state index < -0.39 is 0 Å². The lowest BCUT2D eigenvalue weighted by Gasteiger charge is -2.33. The monoisotopic (exact) mass is 336 g/mol. The third-order valence-corrected chi connectivity index (χ3v) is 4.80. The van der Waals surface area contributed by atoms with E-state index in [0.29, 0.717) is 25.5 Å². The molecular formula is C19H29FN2O2. The SMILES string of the molecule is COC[C@@H](C)N(Cc1cccc(F)c1)C(=O)CC1CCN(C)CC1. The second-order valence-electron chi connectivity index (χ2n) is 6.91. The molecule has 1 heterocycles. The third-order valence-electron chi connectivity index (χ3n) is 4.80. The first-order valence-electron chi connectivity index (χ1n) is 8.71. The molecule has 4 nitrogen and oxygen atoms in total. The van der Waals surface area contributed by atoms with Gasteiger partial charge in [0.2, 0.25) is 5.91 Å². The first kappa shape index (κ1) is 18.9. The summed E-state index contributed by atoms with van der Waals surface area (Å²) >= 11 is 0. The maximum atomic E-state index is 13.4. The van der Waals surface area contributed by atoms with Crippen LogP contribution in [0.2, 0.25) is 0 Å². The van der Waals surface area contributed by atoms with Gasteiger partial charge < -0.3 is 14.5 Å². The van der Waals surface area contributed by atoms with Crippen LogP contribution < -0.4 is 0 Å². The predicted octanol–water partition coefficient (Wildman–Crippen LogP) is 2.92. The van der Waals surface area contributed by atoms with Crippen molar-refractivity contribution in [2.45, 2.75) is 38.8 Å². The fourth-order valence-electron chi connectivity index (χ4n) is 3.28. The first-order chi connectivity index (χ1) is 11.5. The normalized spacial score (nSPS) is 17.7. The van der Waals surface area contributed by atoms with Crippen LogP contribution in [0.15, 0.2) is 24.3 Å². The van der Waals surface area contributed by atoms with Crippen molar-refractivity contribution in [3.05, 3.63) is 35.6 Å². The van der Waals surface area contributed by atoms with Gasteiger partial charge in [0.15, 0.2) is 0 Å². The largest absolute Gasteiger partial charge is 0.383 e. The van der Waals surface area contributed by atoms with E-state index in [1.165, 1.54) is 12.1 Å². The van der Waals surface area contributed by atoms with Gasteiger partial charge >= 0.3 is 0 Å². The molecule has 0 bridgehead atoms. The molecule has 1 amide bonds. The number of rotatable bonds is 7. The highest BCUT2D eigenvalue weighted by molar-refractivity contribution is 5.76. The molecule has 0 saturated carbocycles. The van der Waals surface area contributed by atoms with Crippen LogP contribution in [-0.4, -0.2) is 55.6 Å². The number of likely N-dealkylation sites (tertiary alicyclic amines) is 1. The number of nitrogens with zero attached hydrogens (tertiary/aromatic N) is 2. The van der Waals surface area contributed by atoms with Gasteiger partial charge in [0.25, 0.3) is 0 Å². The lowest BCUT2D eigenvalue weighted by molar-refractivity contribution is -0.136. The lowest BCUT2D eigenvalue weighted by Crippen LogP contribution is -2.42. The second-order valence-corrected chi connectivity index (χ2v) is 6.91. The summed E-state index contributed by atoms with van der Waals surface area (Å²) in [6.07, 6.45) is 2.70. The summed E-state index contributed by atoms with van der Waals surface area (Å²) in [5.41, 5.74) is 0.815. The third kappa shape index (κ3) is 5.56. The molecule has 1 aliphatic heterocycles. The minimum atomic E-state index is -0.269. The molecular weight excluding hydrogens is 307 g/mol. The highest BCUT2D eigenvalue weighted by atomic mass is 19.1. The molecule has 0 N–H and O–H groups in total. The molecule has 1 aliphatic rings. The van der Waals surface area contributed by atoms with Gasteiger partial charge in [-0.05, 0) is 63.5 Å². The Bertz CT molecular complexity index is 530. The Morgan fingerprint density at radius 2 is 2.12 bits per heavy atom. The van der Waals surface area contributed by atoms with E-state index in [9.17, 15) is 9.18 Å².